The zero-order chi connectivity index (χ0) is 9.52. The van der Waals surface area contributed by atoms with Crippen LogP contribution in [0.4, 0.5) is 0 Å². The average Bonchev–Trinajstić information content (AvgIpc) is 2.14. The molecule has 0 aliphatic rings. The first kappa shape index (κ1) is 9.19. The minimum Gasteiger partial charge on any atom is -0.259 e. The Kier molecular flexibility index (Phi) is 3.45. The lowest BCUT2D eigenvalue weighted by Crippen LogP contribution is -1.80. The molecule has 1 rings (SSSR count). The first-order valence-corrected chi connectivity index (χ1v) is 3.82. The van der Waals surface area contributed by atoms with Crippen molar-refractivity contribution in [2.75, 3.05) is 0 Å². The van der Waals surface area contributed by atoms with Crippen molar-refractivity contribution >= 4 is 6.08 Å². The van der Waals surface area contributed by atoms with Crippen molar-refractivity contribution in [1.82, 2.24) is 0 Å². The molecule has 1 aromatic carbocycles. The van der Waals surface area contributed by atoms with E-state index >= 15 is 0 Å². The van der Waals surface area contributed by atoms with Gasteiger partial charge in [0.1, 0.15) is 0 Å². The van der Waals surface area contributed by atoms with Crippen LogP contribution < -0.4 is 0 Å². The Morgan fingerprint density at radius 1 is 1.15 bits per heavy atom. The molecule has 0 bridgehead atoms. The van der Waals surface area contributed by atoms with Crippen LogP contribution in [0.3, 0.4) is 0 Å². The summed E-state index contributed by atoms with van der Waals surface area (Å²) in [6, 6.07) is 9.60. The molecule has 0 aromatic heterocycles. The molecule has 3 heteroatoms. The quantitative estimate of drug-likeness (QED) is 0.402. The lowest BCUT2D eigenvalue weighted by molar-refractivity contribution is -0.402. The van der Waals surface area contributed by atoms with Gasteiger partial charge in [0.15, 0.2) is 0 Å². The topological polar surface area (TPSA) is 43.1 Å². The maximum atomic E-state index is 9.90. The third kappa shape index (κ3) is 3.86. The van der Waals surface area contributed by atoms with E-state index in [0.717, 1.165) is 11.8 Å². The molecule has 1 aromatic rings. The first-order chi connectivity index (χ1) is 6.29. The van der Waals surface area contributed by atoms with Gasteiger partial charge < -0.3 is 0 Å². The van der Waals surface area contributed by atoms with E-state index in [2.05, 4.69) is 0 Å². The van der Waals surface area contributed by atoms with Crippen molar-refractivity contribution in [2.45, 2.75) is 0 Å². The molecule has 0 N–H and O–H groups in total. The zero-order valence-corrected chi connectivity index (χ0v) is 6.96. The van der Waals surface area contributed by atoms with E-state index in [4.69, 9.17) is 0 Å². The minimum absolute atomic E-state index is 0.491. The molecular formula is C10H9NO2. The Bertz CT molecular complexity index is 328. The smallest absolute Gasteiger partial charge is 0.234 e. The number of allylic oxidation sites excluding steroid dienone is 2. The van der Waals surface area contributed by atoms with Crippen molar-refractivity contribution in [1.29, 1.82) is 0 Å². The average molecular weight is 175 g/mol. The molecule has 0 aliphatic heterocycles. The van der Waals surface area contributed by atoms with E-state index in [9.17, 15) is 10.1 Å². The third-order valence-electron chi connectivity index (χ3n) is 1.41. The van der Waals surface area contributed by atoms with Gasteiger partial charge in [-0.1, -0.05) is 42.5 Å². The molecule has 0 amide bonds. The fourth-order valence-electron chi connectivity index (χ4n) is 0.851. The van der Waals surface area contributed by atoms with Gasteiger partial charge in [-0.25, -0.2) is 0 Å². The van der Waals surface area contributed by atoms with Crippen molar-refractivity contribution in [3.8, 4) is 0 Å². The van der Waals surface area contributed by atoms with Crippen LogP contribution in [0.5, 0.6) is 0 Å². The van der Waals surface area contributed by atoms with Crippen molar-refractivity contribution in [2.24, 2.45) is 0 Å². The van der Waals surface area contributed by atoms with Crippen LogP contribution in [0.1, 0.15) is 5.56 Å². The lowest BCUT2D eigenvalue weighted by atomic mass is 10.2. The summed E-state index contributed by atoms with van der Waals surface area (Å²) in [5.41, 5.74) is 1.02. The number of hydrogen-bond donors (Lipinski definition) is 0. The second-order valence-electron chi connectivity index (χ2n) is 2.40. The van der Waals surface area contributed by atoms with Crippen molar-refractivity contribution in [3.05, 3.63) is 64.4 Å². The summed E-state index contributed by atoms with van der Waals surface area (Å²) < 4.78 is 0. The predicted molar refractivity (Wildman–Crippen MR) is 51.6 cm³/mol. The van der Waals surface area contributed by atoms with Gasteiger partial charge in [-0.05, 0) is 5.56 Å². The van der Waals surface area contributed by atoms with E-state index < -0.39 is 4.92 Å². The van der Waals surface area contributed by atoms with Crippen LogP contribution in [-0.4, -0.2) is 4.92 Å². The first-order valence-electron chi connectivity index (χ1n) is 3.82. The van der Waals surface area contributed by atoms with Gasteiger partial charge in [-0.3, -0.25) is 10.1 Å². The SMILES string of the molecule is O=[N+]([O-])/C=C/C=C\c1ccccc1. The monoisotopic (exact) mass is 175 g/mol. The van der Waals surface area contributed by atoms with Crippen molar-refractivity contribution < 1.29 is 4.92 Å². The predicted octanol–water partition coefficient (Wildman–Crippen LogP) is 2.49. The molecule has 0 unspecified atom stereocenters. The Balaban J connectivity index is 2.55. The second-order valence-corrected chi connectivity index (χ2v) is 2.40. The molecule has 0 aliphatic carbocycles. The van der Waals surface area contributed by atoms with E-state index in [1.165, 1.54) is 6.08 Å². The Labute approximate surface area is 76.2 Å². The van der Waals surface area contributed by atoms with Crippen LogP contribution in [-0.2, 0) is 0 Å². The highest BCUT2D eigenvalue weighted by Gasteiger charge is 1.82. The fourth-order valence-corrected chi connectivity index (χ4v) is 0.851. The van der Waals surface area contributed by atoms with Gasteiger partial charge in [0, 0.05) is 6.08 Å². The fraction of sp³-hybridized carbons (Fsp3) is 0. The highest BCUT2D eigenvalue weighted by Crippen LogP contribution is 2.00. The van der Waals surface area contributed by atoms with E-state index in [-0.39, 0.29) is 0 Å². The molecule has 66 valence electrons. The standard InChI is InChI=1S/C10H9NO2/c12-11(13)9-5-4-8-10-6-2-1-3-7-10/h1-9H/b8-4-,9-5+. The molecular weight excluding hydrogens is 166 g/mol. The van der Waals surface area contributed by atoms with Crippen LogP contribution >= 0.6 is 0 Å². The van der Waals surface area contributed by atoms with Gasteiger partial charge in [-0.2, -0.15) is 0 Å². The Morgan fingerprint density at radius 3 is 2.46 bits per heavy atom. The summed E-state index contributed by atoms with van der Waals surface area (Å²) in [5.74, 6) is 0. The third-order valence-corrected chi connectivity index (χ3v) is 1.41. The highest BCUT2D eigenvalue weighted by atomic mass is 16.6. The zero-order valence-electron chi connectivity index (χ0n) is 6.96. The number of nitrogens with zero attached hydrogens (tertiary/aromatic N) is 1. The van der Waals surface area contributed by atoms with Gasteiger partial charge in [0.2, 0.25) is 6.20 Å². The largest absolute Gasteiger partial charge is 0.259 e. The molecule has 0 atom stereocenters. The lowest BCUT2D eigenvalue weighted by Gasteiger charge is -1.87. The molecule has 13 heavy (non-hydrogen) atoms. The minimum atomic E-state index is -0.491. The van der Waals surface area contributed by atoms with Gasteiger partial charge in [0.25, 0.3) is 0 Å². The van der Waals surface area contributed by atoms with Crippen LogP contribution in [0, 0.1) is 10.1 Å². The number of hydrogen-bond acceptors (Lipinski definition) is 2. The van der Waals surface area contributed by atoms with Crippen molar-refractivity contribution in [3.63, 3.8) is 0 Å². The summed E-state index contributed by atoms with van der Waals surface area (Å²) in [4.78, 5) is 9.40. The normalized spacial score (nSPS) is 11.1. The number of rotatable bonds is 3. The van der Waals surface area contributed by atoms with Crippen LogP contribution in [0.25, 0.3) is 6.08 Å². The molecule has 0 heterocycles. The van der Waals surface area contributed by atoms with Gasteiger partial charge in [-0.15, -0.1) is 0 Å². The maximum Gasteiger partial charge on any atom is 0.234 e. The summed E-state index contributed by atoms with van der Waals surface area (Å²) in [6.45, 7) is 0. The molecule has 0 saturated heterocycles. The van der Waals surface area contributed by atoms with E-state index in [1.54, 1.807) is 12.2 Å². The number of nitro groups is 1. The van der Waals surface area contributed by atoms with E-state index in [0.29, 0.717) is 0 Å². The summed E-state index contributed by atoms with van der Waals surface area (Å²) in [5, 5.41) is 9.90. The Hall–Kier alpha value is -1.90. The molecule has 3 nitrogen and oxygen atoms in total. The molecule has 0 saturated carbocycles. The van der Waals surface area contributed by atoms with Gasteiger partial charge >= 0.3 is 0 Å². The summed E-state index contributed by atoms with van der Waals surface area (Å²) >= 11 is 0. The summed E-state index contributed by atoms with van der Waals surface area (Å²) in [7, 11) is 0. The molecule has 0 radical (unpaired) electrons. The summed E-state index contributed by atoms with van der Waals surface area (Å²) in [6.07, 6.45) is 5.74. The van der Waals surface area contributed by atoms with Crippen LogP contribution in [0.2, 0.25) is 0 Å². The second kappa shape index (κ2) is 4.87. The highest BCUT2D eigenvalue weighted by molar-refractivity contribution is 5.50. The maximum absolute atomic E-state index is 9.90. The molecule has 0 fully saturated rings. The van der Waals surface area contributed by atoms with Gasteiger partial charge in [0.05, 0.1) is 4.92 Å². The molecule has 0 spiro atoms. The Morgan fingerprint density at radius 2 is 1.85 bits per heavy atom. The number of benzene rings is 1. The van der Waals surface area contributed by atoms with Crippen LogP contribution in [0.15, 0.2) is 48.7 Å². The van der Waals surface area contributed by atoms with E-state index in [1.807, 2.05) is 30.3 Å².